The molecule has 4 aromatic heterocycles. The third kappa shape index (κ3) is 11.2. The first kappa shape index (κ1) is 52.9. The van der Waals surface area contributed by atoms with Crippen LogP contribution in [0.15, 0.2) is 38.4 Å². The number of amides is 2. The predicted molar refractivity (Wildman–Crippen MR) is 226 cm³/mol. The molecule has 4 fully saturated rings. The van der Waals surface area contributed by atoms with E-state index in [2.05, 4.69) is 45.2 Å². The van der Waals surface area contributed by atoms with Gasteiger partial charge in [-0.25, -0.2) is 34.3 Å². The number of anilines is 3. The van der Waals surface area contributed by atoms with Gasteiger partial charge in [0.25, 0.3) is 5.56 Å². The molecule has 0 radical (unpaired) electrons. The highest BCUT2D eigenvalue weighted by Gasteiger charge is 2.48. The number of urea groups is 1. The van der Waals surface area contributed by atoms with Crippen molar-refractivity contribution in [1.29, 1.82) is 0 Å². The molecule has 21 N–H and O–H groups in total. The molecule has 70 heavy (non-hydrogen) atoms. The zero-order valence-electron chi connectivity index (χ0n) is 36.0. The first-order valence-electron chi connectivity index (χ1n) is 20.6. The van der Waals surface area contributed by atoms with Crippen molar-refractivity contribution in [1.82, 2.24) is 58.8 Å². The van der Waals surface area contributed by atoms with Crippen LogP contribution in [0, 0.1) is 0 Å². The molecular weight excluding hydrogens is 950 g/mol. The van der Waals surface area contributed by atoms with Gasteiger partial charge in [-0.3, -0.25) is 33.7 Å². The predicted octanol–water partition coefficient (Wildman–Crippen LogP) is -11.3. The standard InChI is InChI=1S/C10H13N5O5.C8H14N4O5.C8H12N4O5.C8H12N4O4/c11-10-13-7-4(8(19)14-10)12-2-15(7)9-6(18)5(17)3(1-16)20-9;2*9-7-10-2-12(8(16)11-7)6-5(15)4(14)3(1-13)17-6;9-7-10-3-12(8(15)11-7)6-1-4(14)5(2-13)16-6/h2-3,5-6,9,16-18H,1H2,(H3,11,13,14,19);3-6,13-15H,1-2H2,(H3,9,10,11,16);2-6,13-15H,1H2,(H2,9,11,16);3-6,13-14H,1-2H2,(H2,9,11,15)/t3-,5-,6+,9?;2*3-,4-,5-,6-;4-,5+,6+/m1110/s1. The molecule has 0 spiro atoms. The van der Waals surface area contributed by atoms with Crippen LogP contribution in [0.3, 0.4) is 0 Å². The molecule has 1 unspecified atom stereocenters. The van der Waals surface area contributed by atoms with Gasteiger partial charge < -0.3 is 98.1 Å². The summed E-state index contributed by atoms with van der Waals surface area (Å²) in [6.07, 6.45) is -12.2. The van der Waals surface area contributed by atoms with Crippen molar-refractivity contribution in [3.8, 4) is 0 Å². The number of H-pyrrole nitrogens is 1. The third-order valence-corrected chi connectivity index (χ3v) is 10.9. The fraction of sp³-hybridized carbons (Fsp3) is 0.618. The first-order chi connectivity index (χ1) is 33.2. The average molecular weight is 1000 g/mol. The van der Waals surface area contributed by atoms with Gasteiger partial charge in [-0.15, -0.1) is 0 Å². The number of aromatic amines is 1. The number of carbonyl (C=O) groups excluding carboxylic acids is 1. The summed E-state index contributed by atoms with van der Waals surface area (Å²) in [4.78, 5) is 75.2. The summed E-state index contributed by atoms with van der Waals surface area (Å²) in [6.45, 7) is -1.75. The van der Waals surface area contributed by atoms with Crippen LogP contribution in [0.5, 0.6) is 0 Å². The van der Waals surface area contributed by atoms with E-state index in [0.29, 0.717) is 0 Å². The van der Waals surface area contributed by atoms with E-state index in [4.69, 9.17) is 62.3 Å². The van der Waals surface area contributed by atoms with Gasteiger partial charge >= 0.3 is 17.4 Å². The Morgan fingerprint density at radius 1 is 0.586 bits per heavy atom. The van der Waals surface area contributed by atoms with Gasteiger partial charge in [-0.2, -0.15) is 15.0 Å². The van der Waals surface area contributed by atoms with Gasteiger partial charge in [-0.1, -0.05) is 0 Å². The highest BCUT2D eigenvalue weighted by molar-refractivity contribution is 5.97. The molecule has 386 valence electrons. The number of ether oxygens (including phenoxy) is 4. The lowest BCUT2D eigenvalue weighted by atomic mass is 10.1. The second-order valence-electron chi connectivity index (χ2n) is 15.5. The van der Waals surface area contributed by atoms with Gasteiger partial charge in [0, 0.05) is 6.42 Å². The quantitative estimate of drug-likeness (QED) is 0.0779. The monoisotopic (exact) mass is 1000 g/mol. The molecule has 0 aromatic carbocycles. The Hall–Kier alpha value is -6.49. The number of hydrogen-bond donors (Lipinski definition) is 17. The number of rotatable bonds is 8. The van der Waals surface area contributed by atoms with Crippen molar-refractivity contribution in [3.63, 3.8) is 0 Å². The van der Waals surface area contributed by atoms with Crippen molar-refractivity contribution in [2.24, 2.45) is 10.7 Å². The van der Waals surface area contributed by atoms with E-state index in [1.54, 1.807) is 0 Å². The van der Waals surface area contributed by atoms with Crippen LogP contribution >= 0.6 is 0 Å². The number of aromatic nitrogens is 10. The SMILES string of the molecule is NC1=NCN([C@@H]2O[C@H](CO)[C@@H](O)[C@H]2O)C(=O)N1.Nc1nc2c(ncn2C2O[C@H](CO)[C@@H](O)[C@@H]2O)c(=O)[nH]1.Nc1ncn([C@@H]2O[C@H](CO)[C@@H](O)[C@H]2O)c(=O)n1.Nc1ncn([C@H]2C[C@H](O)[C@@H](CO)O2)c(=O)n1. The van der Waals surface area contributed by atoms with Crippen molar-refractivity contribution in [2.45, 2.75) is 98.5 Å². The fourth-order valence-electron chi connectivity index (χ4n) is 7.25. The van der Waals surface area contributed by atoms with Gasteiger partial charge in [-0.05, 0) is 0 Å². The van der Waals surface area contributed by atoms with E-state index < -0.39 is 135 Å². The molecule has 36 heteroatoms. The maximum Gasteiger partial charge on any atom is 0.354 e. The molecule has 36 nitrogen and oxygen atoms in total. The van der Waals surface area contributed by atoms with Crippen LogP contribution in [0.25, 0.3) is 11.2 Å². The van der Waals surface area contributed by atoms with Crippen LogP contribution < -0.4 is 45.2 Å². The summed E-state index contributed by atoms with van der Waals surface area (Å²) in [5.41, 5.74) is 19.5. The van der Waals surface area contributed by atoms with Crippen molar-refractivity contribution in [2.75, 3.05) is 50.3 Å². The number of nitrogens with two attached hydrogens (primary N) is 4. The number of aliphatic hydroxyl groups excluding tert-OH is 11. The summed E-state index contributed by atoms with van der Waals surface area (Å²) in [5.74, 6) is -0.425. The first-order valence-corrected chi connectivity index (χ1v) is 20.6. The van der Waals surface area contributed by atoms with Gasteiger partial charge in [0.1, 0.15) is 86.6 Å². The molecule has 4 saturated heterocycles. The molecule has 9 rings (SSSR count). The number of carbonyl (C=O) groups is 1. The molecule has 0 saturated carbocycles. The van der Waals surface area contributed by atoms with E-state index in [1.165, 1.54) is 17.2 Å². The lowest BCUT2D eigenvalue weighted by Gasteiger charge is -2.31. The number of aliphatic hydroxyl groups is 11. The number of hydrogen-bond acceptors (Lipinski definition) is 30. The van der Waals surface area contributed by atoms with E-state index >= 15 is 0 Å². The molecule has 0 aliphatic carbocycles. The zero-order valence-corrected chi connectivity index (χ0v) is 36.0. The van der Waals surface area contributed by atoms with E-state index in [-0.39, 0.29) is 54.7 Å². The molecule has 2 amide bonds. The molecule has 4 aromatic rings. The highest BCUT2D eigenvalue weighted by atomic mass is 16.6. The molecule has 5 aliphatic rings. The number of guanidine groups is 1. The molecule has 5 aliphatic heterocycles. The maximum atomic E-state index is 11.7. The summed E-state index contributed by atoms with van der Waals surface area (Å²) >= 11 is 0. The number of nitrogens with one attached hydrogen (secondary N) is 2. The van der Waals surface area contributed by atoms with Crippen LogP contribution in [-0.4, -0.2) is 228 Å². The second kappa shape index (κ2) is 22.5. The smallest absolute Gasteiger partial charge is 0.354 e. The Balaban J connectivity index is 0.000000154. The number of imidazole rings is 1. The summed E-state index contributed by atoms with van der Waals surface area (Å²) in [5, 5.41) is 106. The summed E-state index contributed by atoms with van der Waals surface area (Å²) < 4.78 is 24.3. The minimum Gasteiger partial charge on any atom is -0.394 e. The Morgan fingerprint density at radius 2 is 1.06 bits per heavy atom. The molecule has 0 bridgehead atoms. The number of nitrogens with zero attached hydrogens (tertiary/aromatic N) is 11. The Bertz CT molecular complexity index is 2640. The Labute approximate surface area is 389 Å². The van der Waals surface area contributed by atoms with Gasteiger partial charge in [0.05, 0.1) is 38.9 Å². The minimum absolute atomic E-state index is 0.0157. The Kier molecular flexibility index (Phi) is 17.0. The Morgan fingerprint density at radius 3 is 1.53 bits per heavy atom. The summed E-state index contributed by atoms with van der Waals surface area (Å²) in [6, 6.07) is -0.577. The normalized spacial score (nSPS) is 32.6. The van der Waals surface area contributed by atoms with E-state index in [0.717, 1.165) is 20.4 Å². The van der Waals surface area contributed by atoms with E-state index in [1.807, 2.05) is 0 Å². The maximum absolute atomic E-state index is 11.7. The van der Waals surface area contributed by atoms with E-state index in [9.17, 15) is 54.9 Å². The lowest BCUT2D eigenvalue weighted by molar-refractivity contribution is -0.0787. The van der Waals surface area contributed by atoms with Crippen molar-refractivity contribution < 1.29 is 79.9 Å². The lowest BCUT2D eigenvalue weighted by Crippen LogP contribution is -2.56. The fourth-order valence-corrected chi connectivity index (χ4v) is 7.25. The van der Waals surface area contributed by atoms with Crippen molar-refractivity contribution >= 4 is 41.0 Å². The minimum atomic E-state index is -1.35. The average Bonchev–Trinajstić information content (AvgIpc) is 4.12. The highest BCUT2D eigenvalue weighted by Crippen LogP contribution is 2.32. The topological polar surface area (TPSA) is 567 Å². The number of fused-ring (bicyclic) bond motifs is 1. The molecule has 9 heterocycles. The number of nitrogen functional groups attached to an aromatic ring is 3. The third-order valence-electron chi connectivity index (χ3n) is 10.9. The summed E-state index contributed by atoms with van der Waals surface area (Å²) in [7, 11) is 0. The largest absolute Gasteiger partial charge is 0.394 e. The van der Waals surface area contributed by atoms with Crippen molar-refractivity contribution in [3.05, 3.63) is 50.3 Å². The second-order valence-corrected chi connectivity index (χ2v) is 15.5. The zero-order chi connectivity index (χ0) is 51.3. The van der Waals surface area contributed by atoms with Crippen LogP contribution in [0.2, 0.25) is 0 Å². The number of aliphatic imine (C=N–C) groups is 1. The van der Waals surface area contributed by atoms with Crippen LogP contribution in [-0.2, 0) is 18.9 Å². The molecular formula is C34H51N17O19. The van der Waals surface area contributed by atoms with Crippen LogP contribution in [0.1, 0.15) is 25.1 Å². The van der Waals surface area contributed by atoms with Gasteiger partial charge in [0.2, 0.25) is 17.8 Å². The van der Waals surface area contributed by atoms with Gasteiger partial charge in [0.15, 0.2) is 35.8 Å². The molecule has 15 atom stereocenters. The van der Waals surface area contributed by atoms with Crippen LogP contribution in [0.4, 0.5) is 22.6 Å².